The van der Waals surface area contributed by atoms with Crippen molar-refractivity contribution in [3.63, 3.8) is 0 Å². The average molecular weight is 329 g/mol. The summed E-state index contributed by atoms with van der Waals surface area (Å²) in [6, 6.07) is 1.70. The van der Waals surface area contributed by atoms with E-state index < -0.39 is 5.60 Å². The second-order valence-corrected chi connectivity index (χ2v) is 6.26. The molecule has 0 aliphatic carbocycles. The van der Waals surface area contributed by atoms with Gasteiger partial charge in [0, 0.05) is 25.9 Å². The molecule has 0 saturated carbocycles. The maximum absolute atomic E-state index is 12.3. The number of nitrogens with one attached hydrogen (secondary N) is 1. The number of nitrogens with zero attached hydrogens (tertiary/aromatic N) is 4. The van der Waals surface area contributed by atoms with E-state index in [1.807, 2.05) is 7.05 Å². The first-order valence-corrected chi connectivity index (χ1v) is 7.56. The fourth-order valence-corrected chi connectivity index (χ4v) is 2.23. The molecule has 0 radical (unpaired) electrons. The molecule has 3 aromatic rings. The van der Waals surface area contributed by atoms with Crippen molar-refractivity contribution >= 4 is 10.9 Å². The predicted octanol–water partition coefficient (Wildman–Crippen LogP) is 1.26. The number of ether oxygens (including phenoxy) is 1. The lowest BCUT2D eigenvalue weighted by Gasteiger charge is -2.16. The van der Waals surface area contributed by atoms with Crippen molar-refractivity contribution < 1.29 is 9.84 Å². The van der Waals surface area contributed by atoms with Gasteiger partial charge in [-0.15, -0.1) is 0 Å². The summed E-state index contributed by atoms with van der Waals surface area (Å²) in [5, 5.41) is 10.1. The first kappa shape index (κ1) is 16.1. The van der Waals surface area contributed by atoms with Crippen LogP contribution in [0.5, 0.6) is 6.01 Å². The van der Waals surface area contributed by atoms with Crippen molar-refractivity contribution in [3.05, 3.63) is 35.1 Å². The molecule has 3 aromatic heterocycles. The zero-order chi connectivity index (χ0) is 17.3. The first-order chi connectivity index (χ1) is 11.3. The van der Waals surface area contributed by atoms with Gasteiger partial charge in [-0.1, -0.05) is 0 Å². The van der Waals surface area contributed by atoms with Crippen molar-refractivity contribution in [1.29, 1.82) is 0 Å². The number of aliphatic hydroxyl groups is 1. The summed E-state index contributed by atoms with van der Waals surface area (Å²) >= 11 is 0. The molecule has 0 aromatic carbocycles. The minimum absolute atomic E-state index is 0.0990. The fourth-order valence-electron chi connectivity index (χ4n) is 2.23. The molecule has 0 aliphatic heterocycles. The quantitative estimate of drug-likeness (QED) is 0.730. The second kappa shape index (κ2) is 6.04. The highest BCUT2D eigenvalue weighted by Crippen LogP contribution is 2.22. The summed E-state index contributed by atoms with van der Waals surface area (Å²) in [6.07, 6.45) is 5.43. The summed E-state index contributed by atoms with van der Waals surface area (Å²) in [6.45, 7) is 3.61. The third kappa shape index (κ3) is 3.43. The zero-order valence-corrected chi connectivity index (χ0v) is 13.8. The minimum Gasteiger partial charge on any atom is -0.465 e. The lowest BCUT2D eigenvalue weighted by atomic mass is 10.1. The molecule has 126 valence electrons. The van der Waals surface area contributed by atoms with Crippen molar-refractivity contribution in [2.45, 2.75) is 25.9 Å². The molecule has 3 rings (SSSR count). The van der Waals surface area contributed by atoms with Crippen LogP contribution in [0.1, 0.15) is 20.3 Å². The van der Waals surface area contributed by atoms with Crippen molar-refractivity contribution in [2.24, 2.45) is 7.05 Å². The minimum atomic E-state index is -0.849. The van der Waals surface area contributed by atoms with Crippen LogP contribution in [0.25, 0.3) is 22.3 Å². The Morgan fingerprint density at radius 3 is 2.83 bits per heavy atom. The number of imidazole rings is 1. The van der Waals surface area contributed by atoms with Gasteiger partial charge in [0.2, 0.25) is 0 Å². The predicted molar refractivity (Wildman–Crippen MR) is 88.8 cm³/mol. The van der Waals surface area contributed by atoms with Gasteiger partial charge in [-0.05, 0) is 19.9 Å². The van der Waals surface area contributed by atoms with E-state index in [9.17, 15) is 9.90 Å². The summed E-state index contributed by atoms with van der Waals surface area (Å²) in [4.78, 5) is 27.8. The van der Waals surface area contributed by atoms with Gasteiger partial charge < -0.3 is 14.4 Å². The SMILES string of the molecule is Cn1cnc(-c2nccc3c(=O)[nH]c(OCCC(C)(C)O)nc23)c1. The van der Waals surface area contributed by atoms with Crippen LogP contribution in [-0.2, 0) is 7.05 Å². The molecule has 8 nitrogen and oxygen atoms in total. The molecule has 0 aliphatic rings. The van der Waals surface area contributed by atoms with Crippen molar-refractivity contribution in [2.75, 3.05) is 6.61 Å². The van der Waals surface area contributed by atoms with Crippen LogP contribution in [0.15, 0.2) is 29.6 Å². The molecule has 0 unspecified atom stereocenters. The number of H-pyrrole nitrogens is 1. The molecule has 0 bridgehead atoms. The lowest BCUT2D eigenvalue weighted by Crippen LogP contribution is -2.22. The normalized spacial score (nSPS) is 11.8. The Kier molecular flexibility index (Phi) is 4.06. The van der Waals surface area contributed by atoms with E-state index >= 15 is 0 Å². The molecule has 2 N–H and O–H groups in total. The molecular weight excluding hydrogens is 310 g/mol. The van der Waals surface area contributed by atoms with E-state index in [0.29, 0.717) is 28.7 Å². The summed E-state index contributed by atoms with van der Waals surface area (Å²) in [5.41, 5.74) is 0.420. The third-order valence-electron chi connectivity index (χ3n) is 3.50. The Bertz CT molecular complexity index is 923. The summed E-state index contributed by atoms with van der Waals surface area (Å²) < 4.78 is 7.28. The van der Waals surface area contributed by atoms with Crippen LogP contribution in [0.4, 0.5) is 0 Å². The smallest absolute Gasteiger partial charge is 0.297 e. The number of hydrogen-bond donors (Lipinski definition) is 2. The molecule has 24 heavy (non-hydrogen) atoms. The van der Waals surface area contributed by atoms with Crippen LogP contribution in [0, 0.1) is 0 Å². The van der Waals surface area contributed by atoms with Crippen molar-refractivity contribution in [3.8, 4) is 17.4 Å². The molecule has 0 atom stereocenters. The van der Waals surface area contributed by atoms with Crippen LogP contribution >= 0.6 is 0 Å². The Hall–Kier alpha value is -2.74. The van der Waals surface area contributed by atoms with Gasteiger partial charge in [0.15, 0.2) is 0 Å². The molecule has 0 saturated heterocycles. The van der Waals surface area contributed by atoms with E-state index in [1.165, 1.54) is 0 Å². The molecule has 8 heteroatoms. The van der Waals surface area contributed by atoms with E-state index in [4.69, 9.17) is 4.74 Å². The highest BCUT2D eigenvalue weighted by Gasteiger charge is 2.15. The van der Waals surface area contributed by atoms with E-state index in [-0.39, 0.29) is 18.2 Å². The molecule has 3 heterocycles. The standard InChI is InChI=1S/C16H19N5O3/c1-16(2,23)5-7-24-15-19-12-10(14(22)20-15)4-6-17-13(12)11-8-21(3)9-18-11/h4,6,8-9,23H,5,7H2,1-3H3,(H,19,20,22). The third-order valence-corrected chi connectivity index (χ3v) is 3.50. The summed E-state index contributed by atoms with van der Waals surface area (Å²) in [5.74, 6) is 0. The van der Waals surface area contributed by atoms with E-state index in [0.717, 1.165) is 0 Å². The Morgan fingerprint density at radius 2 is 2.17 bits per heavy atom. The number of pyridine rings is 1. The van der Waals surface area contributed by atoms with Gasteiger partial charge in [-0.2, -0.15) is 4.98 Å². The number of aryl methyl sites for hydroxylation is 1. The molecule has 0 spiro atoms. The average Bonchev–Trinajstić information content (AvgIpc) is 2.92. The highest BCUT2D eigenvalue weighted by molar-refractivity contribution is 5.89. The number of hydrogen-bond acceptors (Lipinski definition) is 6. The monoisotopic (exact) mass is 329 g/mol. The van der Waals surface area contributed by atoms with Crippen LogP contribution in [-0.4, -0.2) is 41.8 Å². The van der Waals surface area contributed by atoms with Gasteiger partial charge in [0.05, 0.1) is 23.9 Å². The van der Waals surface area contributed by atoms with Crippen molar-refractivity contribution in [1.82, 2.24) is 24.5 Å². The van der Waals surface area contributed by atoms with Gasteiger partial charge in [-0.25, -0.2) is 4.98 Å². The molecular formula is C16H19N5O3. The lowest BCUT2D eigenvalue weighted by molar-refractivity contribution is 0.0540. The van der Waals surface area contributed by atoms with E-state index in [2.05, 4.69) is 19.9 Å². The van der Waals surface area contributed by atoms with Gasteiger partial charge in [-0.3, -0.25) is 14.8 Å². The highest BCUT2D eigenvalue weighted by atomic mass is 16.5. The van der Waals surface area contributed by atoms with Gasteiger partial charge >= 0.3 is 0 Å². The molecule has 0 fully saturated rings. The first-order valence-electron chi connectivity index (χ1n) is 7.56. The number of aromatic amines is 1. The zero-order valence-electron chi connectivity index (χ0n) is 13.8. The largest absolute Gasteiger partial charge is 0.465 e. The Morgan fingerprint density at radius 1 is 1.38 bits per heavy atom. The second-order valence-electron chi connectivity index (χ2n) is 6.26. The molecule has 0 amide bonds. The fraction of sp³-hybridized carbons (Fsp3) is 0.375. The van der Waals surface area contributed by atoms with Crippen LogP contribution in [0.2, 0.25) is 0 Å². The number of aromatic nitrogens is 5. The number of fused-ring (bicyclic) bond motifs is 1. The number of rotatable bonds is 5. The maximum Gasteiger partial charge on any atom is 0.297 e. The van der Waals surface area contributed by atoms with E-state index in [1.54, 1.807) is 43.2 Å². The summed E-state index contributed by atoms with van der Waals surface area (Å²) in [7, 11) is 1.85. The Labute approximate surface area is 138 Å². The van der Waals surface area contributed by atoms with Gasteiger partial charge in [0.1, 0.15) is 16.9 Å². The Balaban J connectivity index is 2.00. The topological polar surface area (TPSA) is 106 Å². The maximum atomic E-state index is 12.3. The van der Waals surface area contributed by atoms with Crippen LogP contribution in [0.3, 0.4) is 0 Å². The van der Waals surface area contributed by atoms with Gasteiger partial charge in [0.25, 0.3) is 11.6 Å². The van der Waals surface area contributed by atoms with Crippen LogP contribution < -0.4 is 10.3 Å².